The second kappa shape index (κ2) is 10.2. The Labute approximate surface area is 181 Å². The van der Waals surface area contributed by atoms with Gasteiger partial charge in [0.05, 0.1) is 30.2 Å². The molecule has 9 heteroatoms. The Morgan fingerprint density at radius 1 is 1.03 bits per heavy atom. The molecule has 2 aromatic rings. The van der Waals surface area contributed by atoms with Gasteiger partial charge in [0.25, 0.3) is 11.8 Å². The average Bonchev–Trinajstić information content (AvgIpc) is 2.82. The number of nitrogens with one attached hydrogen (secondary N) is 2. The van der Waals surface area contributed by atoms with Crippen molar-refractivity contribution in [2.45, 2.75) is 4.90 Å². The first kappa shape index (κ1) is 22.5. The number of amides is 2. The summed E-state index contributed by atoms with van der Waals surface area (Å²) < 4.78 is 31.8. The molecule has 0 atom stereocenters. The Kier molecular flexibility index (Phi) is 7.41. The summed E-state index contributed by atoms with van der Waals surface area (Å²) in [6.45, 7) is 1.44. The van der Waals surface area contributed by atoms with Gasteiger partial charge in [-0.25, -0.2) is 8.42 Å². The molecule has 31 heavy (non-hydrogen) atoms. The summed E-state index contributed by atoms with van der Waals surface area (Å²) in [5.74, 6) is 5.10. The van der Waals surface area contributed by atoms with E-state index in [4.69, 9.17) is 4.74 Å². The fourth-order valence-electron chi connectivity index (χ4n) is 3.01. The van der Waals surface area contributed by atoms with E-state index in [0.717, 1.165) is 0 Å². The zero-order valence-corrected chi connectivity index (χ0v) is 17.9. The van der Waals surface area contributed by atoms with Crippen LogP contribution >= 0.6 is 0 Å². The normalized spacial score (nSPS) is 14.2. The van der Waals surface area contributed by atoms with Crippen LogP contribution in [0.25, 0.3) is 0 Å². The van der Waals surface area contributed by atoms with Gasteiger partial charge in [-0.2, -0.15) is 4.31 Å². The highest BCUT2D eigenvalue weighted by Gasteiger charge is 2.26. The average molecular weight is 442 g/mol. The first-order chi connectivity index (χ1) is 14.9. The van der Waals surface area contributed by atoms with Crippen LogP contribution in [0, 0.1) is 11.8 Å². The summed E-state index contributed by atoms with van der Waals surface area (Å²) in [5.41, 5.74) is 1.35. The fraction of sp³-hybridized carbons (Fsp3) is 0.273. The number of nitrogens with zero attached hydrogens (tertiary/aromatic N) is 1. The lowest BCUT2D eigenvalue weighted by Gasteiger charge is -2.26. The van der Waals surface area contributed by atoms with E-state index in [-0.39, 0.29) is 23.3 Å². The third kappa shape index (κ3) is 5.49. The lowest BCUT2D eigenvalue weighted by atomic mass is 10.1. The fourth-order valence-corrected chi connectivity index (χ4v) is 4.41. The van der Waals surface area contributed by atoms with E-state index in [2.05, 4.69) is 22.5 Å². The van der Waals surface area contributed by atoms with Gasteiger partial charge in [-0.1, -0.05) is 24.0 Å². The maximum Gasteiger partial charge on any atom is 0.252 e. The Bertz CT molecular complexity index is 1110. The molecule has 8 nitrogen and oxygen atoms in total. The van der Waals surface area contributed by atoms with Crippen LogP contribution in [-0.2, 0) is 14.8 Å². The van der Waals surface area contributed by atoms with E-state index in [1.807, 2.05) is 0 Å². The molecule has 0 bridgehead atoms. The van der Waals surface area contributed by atoms with Crippen molar-refractivity contribution < 1.29 is 22.7 Å². The molecule has 1 heterocycles. The summed E-state index contributed by atoms with van der Waals surface area (Å²) in [4.78, 5) is 24.3. The monoisotopic (exact) mass is 441 g/mol. The lowest BCUT2D eigenvalue weighted by Crippen LogP contribution is -2.40. The number of carbonyl (C=O) groups excluding carboxylic acids is 2. The predicted octanol–water partition coefficient (Wildman–Crippen LogP) is 0.849. The third-order valence-corrected chi connectivity index (χ3v) is 6.60. The van der Waals surface area contributed by atoms with E-state index < -0.39 is 10.0 Å². The molecule has 1 aliphatic rings. The zero-order chi connectivity index (χ0) is 22.3. The molecule has 0 saturated carbocycles. The number of carbonyl (C=O) groups is 2. The lowest BCUT2D eigenvalue weighted by molar-refractivity contribution is 0.0730. The summed E-state index contributed by atoms with van der Waals surface area (Å²) in [7, 11) is -2.06. The van der Waals surface area contributed by atoms with Gasteiger partial charge < -0.3 is 15.4 Å². The van der Waals surface area contributed by atoms with Gasteiger partial charge in [0.15, 0.2) is 0 Å². The molecule has 2 aromatic carbocycles. The Balaban J connectivity index is 1.61. The summed E-state index contributed by atoms with van der Waals surface area (Å²) in [5, 5.41) is 5.22. The molecule has 1 aliphatic heterocycles. The molecule has 0 unspecified atom stereocenters. The number of morpholine rings is 1. The molecule has 1 fully saturated rings. The Hall–Kier alpha value is -3.19. The van der Waals surface area contributed by atoms with Crippen LogP contribution in [0.15, 0.2) is 53.4 Å². The minimum absolute atomic E-state index is 0.0781. The van der Waals surface area contributed by atoms with Crippen molar-refractivity contribution in [2.24, 2.45) is 0 Å². The van der Waals surface area contributed by atoms with E-state index in [0.29, 0.717) is 43.0 Å². The second-order valence-corrected chi connectivity index (χ2v) is 8.59. The van der Waals surface area contributed by atoms with Crippen molar-refractivity contribution in [3.05, 3.63) is 65.2 Å². The van der Waals surface area contributed by atoms with Crippen molar-refractivity contribution in [3.63, 3.8) is 0 Å². The molecule has 0 aromatic heterocycles. The van der Waals surface area contributed by atoms with E-state index in [1.54, 1.807) is 31.3 Å². The van der Waals surface area contributed by atoms with Crippen LogP contribution in [0.4, 0.5) is 0 Å². The van der Waals surface area contributed by atoms with Gasteiger partial charge in [0.2, 0.25) is 10.0 Å². The molecular formula is C22H23N3O5S. The van der Waals surface area contributed by atoms with Gasteiger partial charge in [-0.3, -0.25) is 9.59 Å². The topological polar surface area (TPSA) is 105 Å². The Morgan fingerprint density at radius 3 is 2.39 bits per heavy atom. The van der Waals surface area contributed by atoms with E-state index >= 15 is 0 Å². The van der Waals surface area contributed by atoms with Crippen molar-refractivity contribution in [1.82, 2.24) is 14.9 Å². The third-order valence-electron chi connectivity index (χ3n) is 4.68. The molecule has 0 spiro atoms. The molecule has 0 aliphatic carbocycles. The minimum Gasteiger partial charge on any atom is -0.379 e. The van der Waals surface area contributed by atoms with Crippen LogP contribution in [0.2, 0.25) is 0 Å². The number of ether oxygens (including phenoxy) is 1. The first-order valence-electron chi connectivity index (χ1n) is 9.69. The Morgan fingerprint density at radius 2 is 1.71 bits per heavy atom. The summed E-state index contributed by atoms with van der Waals surface area (Å²) in [6, 6.07) is 12.7. The minimum atomic E-state index is -3.60. The van der Waals surface area contributed by atoms with Gasteiger partial charge >= 0.3 is 0 Å². The summed E-state index contributed by atoms with van der Waals surface area (Å²) in [6.07, 6.45) is 0. The summed E-state index contributed by atoms with van der Waals surface area (Å²) >= 11 is 0. The van der Waals surface area contributed by atoms with Crippen molar-refractivity contribution in [1.29, 1.82) is 0 Å². The SMILES string of the molecule is CNC(=O)c1ccccc1C#CCNC(=O)c1ccc(S(=O)(=O)N2CCOCC2)cc1. The molecule has 2 amide bonds. The van der Waals surface area contributed by atoms with Gasteiger partial charge in [0, 0.05) is 31.3 Å². The number of hydrogen-bond donors (Lipinski definition) is 2. The van der Waals surface area contributed by atoms with Crippen LogP contribution in [0.5, 0.6) is 0 Å². The predicted molar refractivity (Wildman–Crippen MR) is 115 cm³/mol. The molecule has 162 valence electrons. The van der Waals surface area contributed by atoms with Gasteiger partial charge in [-0.05, 0) is 36.4 Å². The quantitative estimate of drug-likeness (QED) is 0.670. The number of benzene rings is 2. The standard InChI is InChI=1S/C22H23N3O5S/c1-23-22(27)20-7-3-2-5-17(20)6-4-12-24-21(26)18-8-10-19(11-9-18)31(28,29)25-13-15-30-16-14-25/h2-3,5,7-11H,12-16H2,1H3,(H,23,27)(H,24,26). The highest BCUT2D eigenvalue weighted by Crippen LogP contribution is 2.17. The smallest absolute Gasteiger partial charge is 0.252 e. The molecular weight excluding hydrogens is 418 g/mol. The molecule has 1 saturated heterocycles. The second-order valence-electron chi connectivity index (χ2n) is 6.65. The van der Waals surface area contributed by atoms with Crippen LogP contribution < -0.4 is 10.6 Å². The van der Waals surface area contributed by atoms with Crippen molar-refractivity contribution in [3.8, 4) is 11.8 Å². The van der Waals surface area contributed by atoms with E-state index in [1.165, 1.54) is 28.6 Å². The number of rotatable bonds is 5. The first-order valence-corrected chi connectivity index (χ1v) is 11.1. The number of sulfonamides is 1. The van der Waals surface area contributed by atoms with Crippen LogP contribution in [0.1, 0.15) is 26.3 Å². The number of hydrogen-bond acceptors (Lipinski definition) is 5. The van der Waals surface area contributed by atoms with Gasteiger partial charge in [-0.15, -0.1) is 0 Å². The van der Waals surface area contributed by atoms with Crippen molar-refractivity contribution in [2.75, 3.05) is 39.9 Å². The van der Waals surface area contributed by atoms with Crippen LogP contribution in [0.3, 0.4) is 0 Å². The van der Waals surface area contributed by atoms with Crippen LogP contribution in [-0.4, -0.2) is 64.4 Å². The van der Waals surface area contributed by atoms with E-state index in [9.17, 15) is 18.0 Å². The molecule has 0 radical (unpaired) electrons. The maximum atomic E-state index is 12.6. The highest BCUT2D eigenvalue weighted by molar-refractivity contribution is 7.89. The van der Waals surface area contributed by atoms with Gasteiger partial charge in [0.1, 0.15) is 0 Å². The molecule has 3 rings (SSSR count). The van der Waals surface area contributed by atoms with Crippen molar-refractivity contribution >= 4 is 21.8 Å². The largest absolute Gasteiger partial charge is 0.379 e. The molecule has 2 N–H and O–H groups in total. The zero-order valence-electron chi connectivity index (χ0n) is 17.1. The maximum absolute atomic E-state index is 12.6. The highest BCUT2D eigenvalue weighted by atomic mass is 32.2.